The number of carbonyl (C=O) groups is 1. The van der Waals surface area contributed by atoms with Gasteiger partial charge in [0, 0.05) is 17.5 Å². The van der Waals surface area contributed by atoms with Gasteiger partial charge in [-0.2, -0.15) is 0 Å². The van der Waals surface area contributed by atoms with E-state index in [1.165, 1.54) is 6.07 Å². The van der Waals surface area contributed by atoms with Crippen LogP contribution in [0.2, 0.25) is 0 Å². The second-order valence-electron chi connectivity index (χ2n) is 6.67. The summed E-state index contributed by atoms with van der Waals surface area (Å²) in [6.07, 6.45) is 3.59. The van der Waals surface area contributed by atoms with Crippen LogP contribution in [0.25, 0.3) is 21.9 Å². The quantitative estimate of drug-likeness (QED) is 0.277. The van der Waals surface area contributed by atoms with Crippen molar-refractivity contribution in [2.24, 2.45) is 5.73 Å². The highest BCUT2D eigenvalue weighted by Crippen LogP contribution is 2.27. The number of nitro groups is 1. The van der Waals surface area contributed by atoms with Crippen LogP contribution in [-0.2, 0) is 13.0 Å². The minimum Gasteiger partial charge on any atom is -0.395 e. The number of hydrogen-bond donors (Lipinski definition) is 2. The van der Waals surface area contributed by atoms with Gasteiger partial charge in [-0.1, -0.05) is 18.2 Å². The summed E-state index contributed by atoms with van der Waals surface area (Å²) in [5.74, 6) is -1.07. The molecule has 10 heteroatoms. The third-order valence-corrected chi connectivity index (χ3v) is 4.78. The molecule has 0 unspecified atom stereocenters. The average Bonchev–Trinajstić information content (AvgIpc) is 3.31. The summed E-state index contributed by atoms with van der Waals surface area (Å²) in [4.78, 5) is 30.4. The van der Waals surface area contributed by atoms with E-state index in [1.54, 1.807) is 6.33 Å². The molecule has 3 aromatic heterocycles. The topological polar surface area (TPSA) is 156 Å². The molecule has 4 N–H and O–H groups in total. The fourth-order valence-corrected chi connectivity index (χ4v) is 3.47. The summed E-state index contributed by atoms with van der Waals surface area (Å²) < 4.78 is 6.97. The number of nitrogen functional groups attached to an aromatic ring is 1. The second-order valence-corrected chi connectivity index (χ2v) is 6.67. The van der Waals surface area contributed by atoms with Gasteiger partial charge in [-0.3, -0.25) is 14.9 Å². The predicted molar refractivity (Wildman–Crippen MR) is 106 cm³/mol. The lowest BCUT2D eigenvalue weighted by atomic mass is 10.1. The largest absolute Gasteiger partial charge is 0.433 e. The zero-order valence-corrected chi connectivity index (χ0v) is 15.4. The molecule has 1 amide bonds. The number of rotatable bonds is 7. The van der Waals surface area contributed by atoms with Crippen LogP contribution in [0.3, 0.4) is 0 Å². The van der Waals surface area contributed by atoms with Gasteiger partial charge in [-0.15, -0.1) is 0 Å². The van der Waals surface area contributed by atoms with E-state index < -0.39 is 16.7 Å². The van der Waals surface area contributed by atoms with Crippen molar-refractivity contribution in [3.05, 3.63) is 58.1 Å². The molecule has 29 heavy (non-hydrogen) atoms. The molecule has 0 spiro atoms. The molecule has 3 heterocycles. The molecule has 0 fully saturated rings. The van der Waals surface area contributed by atoms with Gasteiger partial charge in [0.15, 0.2) is 5.82 Å². The molecule has 0 saturated heterocycles. The Hall–Kier alpha value is -3.95. The van der Waals surface area contributed by atoms with Gasteiger partial charge in [-0.05, 0) is 25.3 Å². The van der Waals surface area contributed by atoms with Crippen molar-refractivity contribution in [3.8, 4) is 0 Å². The number of fused-ring (bicyclic) bond motifs is 3. The van der Waals surface area contributed by atoms with Crippen molar-refractivity contribution < 1.29 is 14.1 Å². The fourth-order valence-electron chi connectivity index (χ4n) is 3.47. The number of hydrogen-bond acceptors (Lipinski definition) is 7. The highest BCUT2D eigenvalue weighted by atomic mass is 16.6. The summed E-state index contributed by atoms with van der Waals surface area (Å²) in [5.41, 5.74) is 14.1. The third kappa shape index (κ3) is 3.35. The summed E-state index contributed by atoms with van der Waals surface area (Å²) in [5, 5.41) is 11.8. The molecular weight excluding hydrogens is 376 g/mol. The van der Waals surface area contributed by atoms with Crippen LogP contribution in [0.15, 0.2) is 41.1 Å². The number of aromatic nitrogens is 3. The Bertz CT molecular complexity index is 1240. The first kappa shape index (κ1) is 18.4. The number of nitrogens with two attached hydrogens (primary N) is 2. The number of furan rings is 1. The number of imidazole rings is 1. The monoisotopic (exact) mass is 394 g/mol. The van der Waals surface area contributed by atoms with Gasteiger partial charge in [0.2, 0.25) is 5.76 Å². The van der Waals surface area contributed by atoms with Crippen molar-refractivity contribution in [2.75, 3.05) is 5.73 Å². The number of nitrogens with zero attached hydrogens (tertiary/aromatic N) is 4. The van der Waals surface area contributed by atoms with Crippen molar-refractivity contribution in [1.29, 1.82) is 0 Å². The molecule has 10 nitrogen and oxygen atoms in total. The number of carbonyl (C=O) groups excluding carboxylic acids is 1. The van der Waals surface area contributed by atoms with Crippen molar-refractivity contribution in [1.82, 2.24) is 14.5 Å². The molecule has 0 saturated carbocycles. The molecule has 148 valence electrons. The lowest BCUT2D eigenvalue weighted by Gasteiger charge is -2.07. The summed E-state index contributed by atoms with van der Waals surface area (Å²) in [7, 11) is 0. The van der Waals surface area contributed by atoms with Crippen molar-refractivity contribution >= 4 is 39.5 Å². The van der Waals surface area contributed by atoms with Gasteiger partial charge >= 0.3 is 5.88 Å². The minimum absolute atomic E-state index is 0.158. The molecule has 1 aromatic carbocycles. The number of pyridine rings is 1. The lowest BCUT2D eigenvalue weighted by molar-refractivity contribution is -0.402. The Morgan fingerprint density at radius 1 is 1.28 bits per heavy atom. The maximum Gasteiger partial charge on any atom is 0.433 e. The number of aryl methyl sites for hydroxylation is 2. The van der Waals surface area contributed by atoms with Gasteiger partial charge in [0.1, 0.15) is 10.4 Å². The predicted octanol–water partition coefficient (Wildman–Crippen LogP) is 2.79. The number of primary amides is 1. The summed E-state index contributed by atoms with van der Waals surface area (Å²) >= 11 is 0. The number of anilines is 1. The van der Waals surface area contributed by atoms with E-state index in [0.717, 1.165) is 22.8 Å². The normalized spacial score (nSPS) is 11.3. The molecular formula is C19H18N6O4. The SMILES string of the molecule is NC(=O)c1oc([N+](=O)[O-])cc1CCCCn1cnc2c(N)nc3ccccc3c21. The minimum atomic E-state index is -0.817. The molecule has 0 aliphatic carbocycles. The first-order valence-electron chi connectivity index (χ1n) is 9.01. The maximum absolute atomic E-state index is 11.5. The van der Waals surface area contributed by atoms with E-state index in [0.29, 0.717) is 36.3 Å². The van der Waals surface area contributed by atoms with E-state index in [1.807, 2.05) is 28.8 Å². The zero-order chi connectivity index (χ0) is 20.5. The van der Waals surface area contributed by atoms with Crippen LogP contribution >= 0.6 is 0 Å². The summed E-state index contributed by atoms with van der Waals surface area (Å²) in [6.45, 7) is 0.662. The molecule has 0 atom stereocenters. The number of benzene rings is 1. The smallest absolute Gasteiger partial charge is 0.395 e. The van der Waals surface area contributed by atoms with Crippen LogP contribution in [0, 0.1) is 10.1 Å². The third-order valence-electron chi connectivity index (χ3n) is 4.78. The molecule has 0 aliphatic rings. The maximum atomic E-state index is 11.5. The molecule has 0 radical (unpaired) electrons. The molecule has 0 bridgehead atoms. The average molecular weight is 394 g/mol. The Morgan fingerprint density at radius 2 is 2.07 bits per heavy atom. The van der Waals surface area contributed by atoms with Crippen LogP contribution in [0.5, 0.6) is 0 Å². The van der Waals surface area contributed by atoms with Crippen LogP contribution in [-0.4, -0.2) is 25.4 Å². The van der Waals surface area contributed by atoms with Gasteiger partial charge in [-0.25, -0.2) is 9.97 Å². The Balaban J connectivity index is 1.52. The highest BCUT2D eigenvalue weighted by Gasteiger charge is 2.22. The van der Waals surface area contributed by atoms with E-state index in [2.05, 4.69) is 9.97 Å². The fraction of sp³-hybridized carbons (Fsp3) is 0.211. The van der Waals surface area contributed by atoms with Crippen molar-refractivity contribution in [2.45, 2.75) is 25.8 Å². The molecule has 0 aliphatic heterocycles. The van der Waals surface area contributed by atoms with Crippen LogP contribution in [0.4, 0.5) is 11.7 Å². The molecule has 4 rings (SSSR count). The number of amides is 1. The highest BCUT2D eigenvalue weighted by molar-refractivity contribution is 6.06. The second kappa shape index (κ2) is 7.23. The lowest BCUT2D eigenvalue weighted by Crippen LogP contribution is -2.12. The number of para-hydroxylation sites is 1. The first-order chi connectivity index (χ1) is 14.0. The Labute approximate surface area is 164 Å². The first-order valence-corrected chi connectivity index (χ1v) is 9.01. The zero-order valence-electron chi connectivity index (χ0n) is 15.4. The van der Waals surface area contributed by atoms with E-state index >= 15 is 0 Å². The Kier molecular flexibility index (Phi) is 4.59. The summed E-state index contributed by atoms with van der Waals surface area (Å²) in [6, 6.07) is 8.98. The van der Waals surface area contributed by atoms with E-state index in [-0.39, 0.29) is 5.76 Å². The van der Waals surface area contributed by atoms with Gasteiger partial charge in [0.25, 0.3) is 5.91 Å². The van der Waals surface area contributed by atoms with Gasteiger partial charge in [0.05, 0.1) is 23.4 Å². The van der Waals surface area contributed by atoms with Crippen LogP contribution < -0.4 is 11.5 Å². The van der Waals surface area contributed by atoms with Crippen molar-refractivity contribution in [3.63, 3.8) is 0 Å². The van der Waals surface area contributed by atoms with Crippen LogP contribution in [0.1, 0.15) is 29.0 Å². The van der Waals surface area contributed by atoms with Gasteiger partial charge < -0.3 is 20.5 Å². The standard InChI is InChI=1S/C19H18N6O4/c20-18-15-16(12-6-1-2-7-13(12)23-18)24(10-22-15)8-4-3-5-11-9-14(25(27)28)29-17(11)19(21)26/h1-2,6-7,9-10H,3-5,8H2,(H2,20,23)(H2,21,26). The molecule has 4 aromatic rings. The number of unbranched alkanes of at least 4 members (excludes halogenated alkanes) is 1. The Morgan fingerprint density at radius 3 is 2.83 bits per heavy atom. The van der Waals surface area contributed by atoms with E-state index in [9.17, 15) is 14.9 Å². The van der Waals surface area contributed by atoms with E-state index in [4.69, 9.17) is 15.9 Å².